The number of nitrogens with zero attached hydrogens (tertiary/aromatic N) is 2. The van der Waals surface area contributed by atoms with Gasteiger partial charge in [0.25, 0.3) is 5.56 Å². The van der Waals surface area contributed by atoms with E-state index in [1.807, 2.05) is 30.3 Å². The van der Waals surface area contributed by atoms with Crippen molar-refractivity contribution in [2.75, 3.05) is 18.5 Å². The summed E-state index contributed by atoms with van der Waals surface area (Å²) in [6, 6.07) is 15.5. The van der Waals surface area contributed by atoms with Crippen LogP contribution in [0.4, 0.5) is 5.69 Å². The van der Waals surface area contributed by atoms with E-state index in [1.54, 1.807) is 51.2 Å². The van der Waals surface area contributed by atoms with Gasteiger partial charge in [-0.25, -0.2) is 14.6 Å². The monoisotopic (exact) mass is 491 g/mol. The molecule has 1 aromatic heterocycles. The summed E-state index contributed by atoms with van der Waals surface area (Å²) in [7, 11) is 0. The van der Waals surface area contributed by atoms with Crippen molar-refractivity contribution in [3.63, 3.8) is 0 Å². The Labute approximate surface area is 205 Å². The van der Waals surface area contributed by atoms with E-state index in [4.69, 9.17) is 9.47 Å². The molecule has 1 N–H and O–H groups in total. The zero-order chi connectivity index (χ0) is 24.9. The van der Waals surface area contributed by atoms with Crippen LogP contribution >= 0.6 is 11.3 Å². The number of nitrogens with one attached hydrogen (secondary N) is 1. The third kappa shape index (κ3) is 4.95. The lowest BCUT2D eigenvalue weighted by Crippen LogP contribution is -2.40. The van der Waals surface area contributed by atoms with Crippen LogP contribution in [-0.4, -0.2) is 29.7 Å². The van der Waals surface area contributed by atoms with Crippen molar-refractivity contribution in [1.29, 1.82) is 0 Å². The smallest absolute Gasteiger partial charge is 0.338 e. The molecular weight excluding hydrogens is 466 g/mol. The van der Waals surface area contributed by atoms with Gasteiger partial charge < -0.3 is 14.8 Å². The quantitative estimate of drug-likeness (QED) is 0.510. The third-order valence-electron chi connectivity index (χ3n) is 5.40. The van der Waals surface area contributed by atoms with Gasteiger partial charge in [-0.15, -0.1) is 0 Å². The van der Waals surface area contributed by atoms with Crippen LogP contribution in [0.5, 0.6) is 0 Å². The Kier molecular flexibility index (Phi) is 7.26. The Hall–Kier alpha value is -3.98. The average molecular weight is 492 g/mol. The van der Waals surface area contributed by atoms with Gasteiger partial charge in [-0.2, -0.15) is 0 Å². The highest BCUT2D eigenvalue weighted by atomic mass is 32.1. The highest BCUT2D eigenvalue weighted by molar-refractivity contribution is 7.07. The summed E-state index contributed by atoms with van der Waals surface area (Å²) in [5.74, 6) is -0.877. The molecule has 4 rings (SSSR count). The van der Waals surface area contributed by atoms with E-state index in [1.165, 1.54) is 15.9 Å². The number of benzene rings is 2. The molecule has 2 aromatic carbocycles. The summed E-state index contributed by atoms with van der Waals surface area (Å²) < 4.78 is 12.3. The minimum Gasteiger partial charge on any atom is -0.463 e. The van der Waals surface area contributed by atoms with Gasteiger partial charge in [-0.3, -0.25) is 9.36 Å². The number of esters is 2. The lowest BCUT2D eigenvalue weighted by Gasteiger charge is -2.24. The molecule has 0 fully saturated rings. The Bertz CT molecular complexity index is 1450. The van der Waals surface area contributed by atoms with Gasteiger partial charge in [-0.05, 0) is 50.6 Å². The fourth-order valence-corrected chi connectivity index (χ4v) is 4.78. The number of allylic oxidation sites excluding steroid dienone is 1. The normalized spacial score (nSPS) is 15.3. The van der Waals surface area contributed by atoms with Crippen LogP contribution in [0.3, 0.4) is 0 Å². The molecule has 1 atom stereocenters. The Morgan fingerprint density at radius 3 is 2.34 bits per heavy atom. The molecule has 9 heteroatoms. The van der Waals surface area contributed by atoms with E-state index in [0.29, 0.717) is 38.5 Å². The van der Waals surface area contributed by atoms with E-state index in [9.17, 15) is 14.4 Å². The molecule has 0 bridgehead atoms. The summed E-state index contributed by atoms with van der Waals surface area (Å²) in [6.07, 6.45) is 1.61. The van der Waals surface area contributed by atoms with Crippen molar-refractivity contribution < 1.29 is 19.1 Å². The molecule has 1 aliphatic heterocycles. The first-order valence-electron chi connectivity index (χ1n) is 11.2. The molecule has 0 saturated carbocycles. The molecule has 8 nitrogen and oxygen atoms in total. The largest absolute Gasteiger partial charge is 0.463 e. The summed E-state index contributed by atoms with van der Waals surface area (Å²) in [6.45, 7) is 5.78. The zero-order valence-electron chi connectivity index (χ0n) is 19.6. The molecule has 1 unspecified atom stereocenters. The molecule has 1 aliphatic rings. The standard InChI is InChI=1S/C26H25N3O5S/c1-4-33-24(31)18-11-13-19(14-12-18)27-15-20-23(30)29-22(17-9-7-6-8-10-17)21(25(32)34-5-2)16(3)28-26(29)35-20/h6-15,22,27H,4-5H2,1-3H3/b20-15-. The van der Waals surface area contributed by atoms with Gasteiger partial charge in [-0.1, -0.05) is 41.7 Å². The molecule has 180 valence electrons. The van der Waals surface area contributed by atoms with Crippen molar-refractivity contribution in [2.45, 2.75) is 26.8 Å². The number of fused-ring (bicyclic) bond motifs is 1. The average Bonchev–Trinajstić information content (AvgIpc) is 3.17. The predicted molar refractivity (Wildman–Crippen MR) is 134 cm³/mol. The van der Waals surface area contributed by atoms with Crippen molar-refractivity contribution in [3.05, 3.63) is 96.7 Å². The molecule has 0 aliphatic carbocycles. The Morgan fingerprint density at radius 2 is 1.69 bits per heavy atom. The number of thiazole rings is 1. The molecule has 35 heavy (non-hydrogen) atoms. The van der Waals surface area contributed by atoms with E-state index in [0.717, 1.165) is 5.56 Å². The first-order valence-corrected chi connectivity index (χ1v) is 12.0. The molecule has 0 amide bonds. The first-order chi connectivity index (χ1) is 16.9. The number of carbonyl (C=O) groups is 2. The van der Waals surface area contributed by atoms with Crippen LogP contribution in [0.25, 0.3) is 6.20 Å². The maximum atomic E-state index is 13.5. The zero-order valence-corrected chi connectivity index (χ0v) is 20.4. The lowest BCUT2D eigenvalue weighted by molar-refractivity contribution is -0.139. The van der Waals surface area contributed by atoms with Crippen LogP contribution in [0.1, 0.15) is 42.7 Å². The summed E-state index contributed by atoms with van der Waals surface area (Å²) >= 11 is 1.23. The van der Waals surface area contributed by atoms with E-state index < -0.39 is 12.0 Å². The van der Waals surface area contributed by atoms with Gasteiger partial charge in [0.15, 0.2) is 4.80 Å². The van der Waals surface area contributed by atoms with E-state index in [2.05, 4.69) is 10.3 Å². The summed E-state index contributed by atoms with van der Waals surface area (Å²) in [5.41, 5.74) is 2.54. The second kappa shape index (κ2) is 10.5. The molecular formula is C26H25N3O5S. The van der Waals surface area contributed by atoms with Gasteiger partial charge in [0, 0.05) is 11.9 Å². The minimum atomic E-state index is -0.641. The number of hydrogen-bond acceptors (Lipinski definition) is 8. The van der Waals surface area contributed by atoms with Crippen LogP contribution < -0.4 is 20.2 Å². The maximum absolute atomic E-state index is 13.5. The van der Waals surface area contributed by atoms with E-state index in [-0.39, 0.29) is 18.1 Å². The topological polar surface area (TPSA) is 99.0 Å². The SMILES string of the molecule is CCOC(=O)C1=C(C)N=c2s/c(=C\Nc3ccc(C(=O)OCC)cc3)c(=O)n2C1c1ccccc1. The molecule has 0 radical (unpaired) electrons. The summed E-state index contributed by atoms with van der Waals surface area (Å²) in [5, 5.41) is 3.10. The molecule has 2 heterocycles. The number of hydrogen-bond donors (Lipinski definition) is 1. The third-order valence-corrected chi connectivity index (χ3v) is 6.38. The van der Waals surface area contributed by atoms with Crippen LogP contribution in [0.2, 0.25) is 0 Å². The fraction of sp³-hybridized carbons (Fsp3) is 0.231. The van der Waals surface area contributed by atoms with E-state index >= 15 is 0 Å². The van der Waals surface area contributed by atoms with Gasteiger partial charge in [0.1, 0.15) is 4.53 Å². The van der Waals surface area contributed by atoms with Crippen LogP contribution in [-0.2, 0) is 14.3 Å². The number of rotatable bonds is 7. The maximum Gasteiger partial charge on any atom is 0.338 e. The van der Waals surface area contributed by atoms with Gasteiger partial charge in [0.05, 0.1) is 36.1 Å². The molecule has 0 spiro atoms. The number of carbonyl (C=O) groups excluding carboxylic acids is 2. The second-order valence-corrected chi connectivity index (χ2v) is 8.66. The Balaban J connectivity index is 1.73. The summed E-state index contributed by atoms with van der Waals surface area (Å²) in [4.78, 5) is 43.2. The molecule has 0 saturated heterocycles. The number of anilines is 1. The first kappa shape index (κ1) is 24.2. The van der Waals surface area contributed by atoms with Crippen LogP contribution in [0, 0.1) is 0 Å². The molecule has 3 aromatic rings. The van der Waals surface area contributed by atoms with Gasteiger partial charge in [0.2, 0.25) is 0 Å². The number of ether oxygens (including phenoxy) is 2. The van der Waals surface area contributed by atoms with Crippen molar-refractivity contribution >= 4 is 35.2 Å². The van der Waals surface area contributed by atoms with Crippen molar-refractivity contribution in [2.24, 2.45) is 4.99 Å². The highest BCUT2D eigenvalue weighted by Gasteiger charge is 2.33. The van der Waals surface area contributed by atoms with Crippen molar-refractivity contribution in [1.82, 2.24) is 4.57 Å². The lowest BCUT2D eigenvalue weighted by atomic mass is 9.96. The van der Waals surface area contributed by atoms with Gasteiger partial charge >= 0.3 is 11.9 Å². The predicted octanol–water partition coefficient (Wildman–Crippen LogP) is 3.00. The number of aromatic nitrogens is 1. The minimum absolute atomic E-state index is 0.223. The second-order valence-electron chi connectivity index (χ2n) is 7.66. The van der Waals surface area contributed by atoms with Crippen molar-refractivity contribution in [3.8, 4) is 0 Å². The van der Waals surface area contributed by atoms with Crippen LogP contribution in [0.15, 0.2) is 75.7 Å². The fourth-order valence-electron chi connectivity index (χ4n) is 3.81. The Morgan fingerprint density at radius 1 is 1.03 bits per heavy atom. The highest BCUT2D eigenvalue weighted by Crippen LogP contribution is 2.30.